The van der Waals surface area contributed by atoms with Crippen molar-refractivity contribution in [3.8, 4) is 5.75 Å². The van der Waals surface area contributed by atoms with Crippen molar-refractivity contribution in [3.63, 3.8) is 0 Å². The summed E-state index contributed by atoms with van der Waals surface area (Å²) in [5.41, 5.74) is 4.19. The topological polar surface area (TPSA) is 35.2 Å². The first-order valence-electron chi connectivity index (χ1n) is 4.50. The van der Waals surface area contributed by atoms with Gasteiger partial charge in [-0.3, -0.25) is 0 Å². The summed E-state index contributed by atoms with van der Waals surface area (Å²) in [6.45, 7) is 2.10. The molecule has 1 aromatic carbocycles. The third-order valence-corrected chi connectivity index (χ3v) is 2.09. The first-order chi connectivity index (χ1) is 7.36. The van der Waals surface area contributed by atoms with Gasteiger partial charge < -0.3 is 10.5 Å². The third kappa shape index (κ3) is 2.85. The predicted octanol–water partition coefficient (Wildman–Crippen LogP) is 2.74. The van der Waals surface area contributed by atoms with Crippen molar-refractivity contribution in [3.05, 3.63) is 29.3 Å². The van der Waals surface area contributed by atoms with E-state index in [1.54, 1.807) is 6.92 Å². The van der Waals surface area contributed by atoms with Gasteiger partial charge in [-0.05, 0) is 25.1 Å². The maximum atomic E-state index is 12.6. The summed E-state index contributed by atoms with van der Waals surface area (Å²) >= 11 is 4.58. The Morgan fingerprint density at radius 3 is 2.50 bits per heavy atom. The van der Waals surface area contributed by atoms with E-state index >= 15 is 0 Å². The summed E-state index contributed by atoms with van der Waals surface area (Å²) in [6, 6.07) is 3.36. The lowest BCUT2D eigenvalue weighted by Crippen LogP contribution is -2.18. The van der Waals surface area contributed by atoms with Crippen molar-refractivity contribution in [2.75, 3.05) is 6.61 Å². The number of hydrogen-bond acceptors (Lipinski definition) is 2. The number of alkyl halides is 3. The zero-order valence-corrected chi connectivity index (χ0v) is 9.28. The molecule has 88 valence electrons. The normalized spacial score (nSPS) is 11.2. The van der Waals surface area contributed by atoms with Gasteiger partial charge in [0.2, 0.25) is 0 Å². The fraction of sp³-hybridized carbons (Fsp3) is 0.300. The van der Waals surface area contributed by atoms with Gasteiger partial charge in [-0.1, -0.05) is 12.2 Å². The molecule has 0 aliphatic carbocycles. The Labute approximate surface area is 96.2 Å². The Kier molecular flexibility index (Phi) is 3.74. The SMILES string of the molecule is CCOc1ccc(C(F)(F)F)c(C(N)=S)c1. The van der Waals surface area contributed by atoms with Gasteiger partial charge in [0.15, 0.2) is 0 Å². The van der Waals surface area contributed by atoms with Gasteiger partial charge in [-0.25, -0.2) is 0 Å². The van der Waals surface area contributed by atoms with Crippen molar-refractivity contribution >= 4 is 17.2 Å². The van der Waals surface area contributed by atoms with Crippen molar-refractivity contribution in [2.24, 2.45) is 5.73 Å². The molecule has 2 N–H and O–H groups in total. The van der Waals surface area contributed by atoms with Crippen LogP contribution in [-0.2, 0) is 6.18 Å². The average Bonchev–Trinajstić information content (AvgIpc) is 2.16. The molecule has 0 spiro atoms. The molecule has 0 aliphatic rings. The largest absolute Gasteiger partial charge is 0.494 e. The second kappa shape index (κ2) is 4.69. The molecular formula is C10H10F3NOS. The van der Waals surface area contributed by atoms with Gasteiger partial charge in [0, 0.05) is 5.56 Å². The maximum Gasteiger partial charge on any atom is 0.417 e. The smallest absolute Gasteiger partial charge is 0.417 e. The molecule has 0 unspecified atom stereocenters. The van der Waals surface area contributed by atoms with Crippen LogP contribution in [0.5, 0.6) is 5.75 Å². The third-order valence-electron chi connectivity index (χ3n) is 1.87. The highest BCUT2D eigenvalue weighted by molar-refractivity contribution is 7.80. The van der Waals surface area contributed by atoms with Gasteiger partial charge in [-0.2, -0.15) is 13.2 Å². The van der Waals surface area contributed by atoms with Crippen molar-refractivity contribution < 1.29 is 17.9 Å². The lowest BCUT2D eigenvalue weighted by molar-refractivity contribution is -0.137. The van der Waals surface area contributed by atoms with Crippen LogP contribution in [0.1, 0.15) is 18.1 Å². The molecule has 0 atom stereocenters. The van der Waals surface area contributed by atoms with E-state index < -0.39 is 11.7 Å². The minimum Gasteiger partial charge on any atom is -0.494 e. The van der Waals surface area contributed by atoms with Crippen LogP contribution in [0.2, 0.25) is 0 Å². The van der Waals surface area contributed by atoms with Gasteiger partial charge in [-0.15, -0.1) is 0 Å². The first kappa shape index (κ1) is 12.8. The van der Waals surface area contributed by atoms with E-state index in [-0.39, 0.29) is 10.6 Å². The van der Waals surface area contributed by atoms with E-state index in [1.165, 1.54) is 12.1 Å². The van der Waals surface area contributed by atoms with Crippen molar-refractivity contribution in [2.45, 2.75) is 13.1 Å². The highest BCUT2D eigenvalue weighted by Crippen LogP contribution is 2.33. The Bertz CT molecular complexity index is 404. The monoisotopic (exact) mass is 249 g/mol. The van der Waals surface area contributed by atoms with Gasteiger partial charge >= 0.3 is 6.18 Å². The molecule has 0 heterocycles. The molecule has 0 radical (unpaired) electrons. The van der Waals surface area contributed by atoms with E-state index in [0.29, 0.717) is 12.4 Å². The van der Waals surface area contributed by atoms with Crippen LogP contribution in [0.3, 0.4) is 0 Å². The number of thiocarbonyl (C=S) groups is 1. The fourth-order valence-corrected chi connectivity index (χ4v) is 1.40. The van der Waals surface area contributed by atoms with Crippen LogP contribution in [0, 0.1) is 0 Å². The Morgan fingerprint density at radius 2 is 2.06 bits per heavy atom. The second-order valence-electron chi connectivity index (χ2n) is 3.00. The molecular weight excluding hydrogens is 239 g/mol. The summed E-state index contributed by atoms with van der Waals surface area (Å²) in [7, 11) is 0. The number of benzene rings is 1. The number of nitrogens with two attached hydrogens (primary N) is 1. The molecule has 0 amide bonds. The van der Waals surface area contributed by atoms with Gasteiger partial charge in [0.1, 0.15) is 10.7 Å². The lowest BCUT2D eigenvalue weighted by Gasteiger charge is -2.13. The zero-order chi connectivity index (χ0) is 12.3. The summed E-state index contributed by atoms with van der Waals surface area (Å²) in [5.74, 6) is 0.318. The highest BCUT2D eigenvalue weighted by Gasteiger charge is 2.34. The van der Waals surface area contributed by atoms with Crippen LogP contribution in [0.4, 0.5) is 13.2 Å². The van der Waals surface area contributed by atoms with E-state index in [2.05, 4.69) is 12.2 Å². The van der Waals surface area contributed by atoms with Crippen LogP contribution in [0.25, 0.3) is 0 Å². The summed E-state index contributed by atoms with van der Waals surface area (Å²) in [5, 5.41) is 0. The molecule has 6 heteroatoms. The average molecular weight is 249 g/mol. The van der Waals surface area contributed by atoms with Crippen molar-refractivity contribution in [1.82, 2.24) is 0 Å². The van der Waals surface area contributed by atoms with Crippen LogP contribution in [-0.4, -0.2) is 11.6 Å². The van der Waals surface area contributed by atoms with E-state index in [0.717, 1.165) is 6.07 Å². The summed E-state index contributed by atoms with van der Waals surface area (Å²) in [4.78, 5) is -0.297. The number of hydrogen-bond donors (Lipinski definition) is 1. The predicted molar refractivity (Wildman–Crippen MR) is 58.5 cm³/mol. The molecule has 0 aromatic heterocycles. The molecule has 0 saturated heterocycles. The quantitative estimate of drug-likeness (QED) is 0.836. The molecule has 2 nitrogen and oxygen atoms in total. The maximum absolute atomic E-state index is 12.6. The number of rotatable bonds is 3. The zero-order valence-electron chi connectivity index (χ0n) is 8.47. The van der Waals surface area contributed by atoms with Gasteiger partial charge in [0.25, 0.3) is 0 Å². The minimum absolute atomic E-state index is 0.214. The lowest BCUT2D eigenvalue weighted by atomic mass is 10.1. The molecule has 0 bridgehead atoms. The summed E-state index contributed by atoms with van der Waals surface area (Å²) < 4.78 is 42.8. The van der Waals surface area contributed by atoms with E-state index in [9.17, 15) is 13.2 Å². The highest BCUT2D eigenvalue weighted by atomic mass is 32.1. The Balaban J connectivity index is 3.25. The number of halogens is 3. The van der Waals surface area contributed by atoms with E-state index in [1.807, 2.05) is 0 Å². The molecule has 1 rings (SSSR count). The molecule has 1 aromatic rings. The van der Waals surface area contributed by atoms with E-state index in [4.69, 9.17) is 10.5 Å². The fourth-order valence-electron chi connectivity index (χ4n) is 1.23. The first-order valence-corrected chi connectivity index (χ1v) is 4.91. The molecule has 0 saturated carbocycles. The van der Waals surface area contributed by atoms with Gasteiger partial charge in [0.05, 0.1) is 12.2 Å². The Morgan fingerprint density at radius 1 is 1.44 bits per heavy atom. The standard InChI is InChI=1S/C10H10F3NOS/c1-2-15-6-3-4-8(10(11,12)13)7(5-6)9(14)16/h3-5H,2H2,1H3,(H2,14,16). The molecule has 0 aliphatic heterocycles. The molecule has 16 heavy (non-hydrogen) atoms. The van der Waals surface area contributed by atoms with Crippen LogP contribution in [0.15, 0.2) is 18.2 Å². The molecule has 0 fully saturated rings. The summed E-state index contributed by atoms with van der Waals surface area (Å²) in [6.07, 6.45) is -4.47. The minimum atomic E-state index is -4.47. The number of ether oxygens (including phenoxy) is 1. The second-order valence-corrected chi connectivity index (χ2v) is 3.44. The Hall–Kier alpha value is -1.30. The van der Waals surface area contributed by atoms with Crippen LogP contribution >= 0.6 is 12.2 Å². The van der Waals surface area contributed by atoms with Crippen LogP contribution < -0.4 is 10.5 Å². The van der Waals surface area contributed by atoms with Crippen molar-refractivity contribution in [1.29, 1.82) is 0 Å².